The van der Waals surface area contributed by atoms with Crippen molar-refractivity contribution in [2.24, 2.45) is 5.92 Å². The number of alkyl halides is 1. The number of aliphatic hydroxyl groups excluding tert-OH is 1. The highest BCUT2D eigenvalue weighted by Crippen LogP contribution is 2.47. The fourth-order valence-electron chi connectivity index (χ4n) is 0.783. The molecular weight excluding hydrogens is 107 g/mol. The second kappa shape index (κ2) is 1.55. The highest BCUT2D eigenvalue weighted by molar-refractivity contribution is 5.11. The molecule has 1 rings (SSSR count). The van der Waals surface area contributed by atoms with Gasteiger partial charge < -0.3 is 5.11 Å². The SMILES string of the molecule is C=C[C@@H]1C[C@@]1(F)CO. The van der Waals surface area contributed by atoms with Gasteiger partial charge in [-0.15, -0.1) is 6.58 Å². The van der Waals surface area contributed by atoms with Gasteiger partial charge in [0.15, 0.2) is 0 Å². The van der Waals surface area contributed by atoms with Crippen molar-refractivity contribution in [2.45, 2.75) is 12.1 Å². The van der Waals surface area contributed by atoms with E-state index in [0.717, 1.165) is 0 Å². The van der Waals surface area contributed by atoms with Crippen molar-refractivity contribution in [2.75, 3.05) is 6.61 Å². The van der Waals surface area contributed by atoms with Gasteiger partial charge in [0.2, 0.25) is 0 Å². The maximum absolute atomic E-state index is 12.6. The summed E-state index contributed by atoms with van der Waals surface area (Å²) >= 11 is 0. The van der Waals surface area contributed by atoms with Gasteiger partial charge >= 0.3 is 0 Å². The van der Waals surface area contributed by atoms with E-state index in [0.29, 0.717) is 6.42 Å². The van der Waals surface area contributed by atoms with Gasteiger partial charge in [-0.2, -0.15) is 0 Å². The molecule has 0 bridgehead atoms. The molecule has 0 radical (unpaired) electrons. The molecule has 1 fully saturated rings. The summed E-state index contributed by atoms with van der Waals surface area (Å²) in [6.07, 6.45) is 2.00. The van der Waals surface area contributed by atoms with Gasteiger partial charge in [-0.25, -0.2) is 4.39 Å². The minimum atomic E-state index is -1.30. The zero-order valence-electron chi connectivity index (χ0n) is 4.60. The van der Waals surface area contributed by atoms with Gasteiger partial charge in [0.25, 0.3) is 0 Å². The summed E-state index contributed by atoms with van der Waals surface area (Å²) in [7, 11) is 0. The van der Waals surface area contributed by atoms with Crippen molar-refractivity contribution >= 4 is 0 Å². The first kappa shape index (κ1) is 5.76. The second-order valence-electron chi connectivity index (χ2n) is 2.24. The molecule has 8 heavy (non-hydrogen) atoms. The lowest BCUT2D eigenvalue weighted by molar-refractivity contribution is 0.151. The molecular formula is C6H9FO. The Kier molecular flexibility index (Phi) is 1.12. The summed E-state index contributed by atoms with van der Waals surface area (Å²) in [5.74, 6) is -0.0903. The van der Waals surface area contributed by atoms with Gasteiger partial charge in [-0.3, -0.25) is 0 Å². The molecule has 0 aromatic heterocycles. The minimum absolute atomic E-state index is 0.0903. The molecule has 0 amide bonds. The minimum Gasteiger partial charge on any atom is -0.393 e. The number of halogens is 1. The van der Waals surface area contributed by atoms with Crippen LogP contribution in [0.25, 0.3) is 0 Å². The van der Waals surface area contributed by atoms with Crippen molar-refractivity contribution in [3.8, 4) is 0 Å². The Morgan fingerprint density at radius 1 is 2.00 bits per heavy atom. The number of aliphatic hydroxyl groups is 1. The molecule has 46 valence electrons. The molecule has 0 aliphatic heterocycles. The Labute approximate surface area is 47.8 Å². The highest BCUT2D eigenvalue weighted by Gasteiger charge is 2.52. The van der Waals surface area contributed by atoms with E-state index < -0.39 is 5.67 Å². The molecule has 1 nitrogen and oxygen atoms in total. The Balaban J connectivity index is 2.42. The van der Waals surface area contributed by atoms with E-state index in [1.54, 1.807) is 6.08 Å². The fraction of sp³-hybridized carbons (Fsp3) is 0.667. The van der Waals surface area contributed by atoms with Crippen molar-refractivity contribution in [3.63, 3.8) is 0 Å². The second-order valence-corrected chi connectivity index (χ2v) is 2.24. The summed E-state index contributed by atoms with van der Waals surface area (Å²) in [5.41, 5.74) is -1.30. The molecule has 0 aromatic carbocycles. The molecule has 0 spiro atoms. The Morgan fingerprint density at radius 2 is 2.62 bits per heavy atom. The van der Waals surface area contributed by atoms with Crippen LogP contribution in [-0.2, 0) is 0 Å². The average Bonchev–Trinajstić information content (AvgIpc) is 2.44. The first-order valence-corrected chi connectivity index (χ1v) is 2.65. The lowest BCUT2D eigenvalue weighted by Gasteiger charge is -1.96. The lowest BCUT2D eigenvalue weighted by Crippen LogP contribution is -2.08. The molecule has 1 aliphatic carbocycles. The normalized spacial score (nSPS) is 44.0. The van der Waals surface area contributed by atoms with Crippen LogP contribution < -0.4 is 0 Å². The first-order valence-electron chi connectivity index (χ1n) is 2.65. The quantitative estimate of drug-likeness (QED) is 0.531. The van der Waals surface area contributed by atoms with E-state index >= 15 is 0 Å². The third kappa shape index (κ3) is 0.650. The van der Waals surface area contributed by atoms with E-state index in [1.165, 1.54) is 0 Å². The summed E-state index contributed by atoms with van der Waals surface area (Å²) in [6.45, 7) is 3.06. The summed E-state index contributed by atoms with van der Waals surface area (Å²) in [4.78, 5) is 0. The van der Waals surface area contributed by atoms with Crippen molar-refractivity contribution in [1.82, 2.24) is 0 Å². The molecule has 1 aliphatic rings. The van der Waals surface area contributed by atoms with Crippen LogP contribution in [0.5, 0.6) is 0 Å². The van der Waals surface area contributed by atoms with E-state index in [1.807, 2.05) is 0 Å². The highest BCUT2D eigenvalue weighted by atomic mass is 19.1. The van der Waals surface area contributed by atoms with Crippen LogP contribution >= 0.6 is 0 Å². The van der Waals surface area contributed by atoms with Crippen LogP contribution in [0.2, 0.25) is 0 Å². The van der Waals surface area contributed by atoms with E-state index in [-0.39, 0.29) is 12.5 Å². The zero-order chi connectivity index (χ0) is 6.20. The number of hydrogen-bond acceptors (Lipinski definition) is 1. The molecule has 1 saturated carbocycles. The molecule has 0 heterocycles. The van der Waals surface area contributed by atoms with Crippen LogP contribution in [0.15, 0.2) is 12.7 Å². The van der Waals surface area contributed by atoms with Crippen LogP contribution in [-0.4, -0.2) is 17.4 Å². The first-order chi connectivity index (χ1) is 3.73. The van der Waals surface area contributed by atoms with Gasteiger partial charge in [0, 0.05) is 5.92 Å². The van der Waals surface area contributed by atoms with Gasteiger partial charge in [0.05, 0.1) is 6.61 Å². The smallest absolute Gasteiger partial charge is 0.140 e. The van der Waals surface area contributed by atoms with Crippen LogP contribution in [0, 0.1) is 5.92 Å². The van der Waals surface area contributed by atoms with Gasteiger partial charge in [-0.1, -0.05) is 6.08 Å². The van der Waals surface area contributed by atoms with E-state index in [2.05, 4.69) is 6.58 Å². The van der Waals surface area contributed by atoms with Crippen LogP contribution in [0.1, 0.15) is 6.42 Å². The number of allylic oxidation sites excluding steroid dienone is 1. The van der Waals surface area contributed by atoms with Crippen LogP contribution in [0.3, 0.4) is 0 Å². The maximum atomic E-state index is 12.6. The summed E-state index contributed by atoms with van der Waals surface area (Å²) in [5, 5.41) is 8.34. The Hall–Kier alpha value is -0.370. The Bertz CT molecular complexity index is 113. The third-order valence-electron chi connectivity index (χ3n) is 1.61. The van der Waals surface area contributed by atoms with E-state index in [9.17, 15) is 4.39 Å². The Morgan fingerprint density at radius 3 is 2.75 bits per heavy atom. The molecule has 0 unspecified atom stereocenters. The predicted octanol–water partition coefficient (Wildman–Crippen LogP) is 0.893. The molecule has 0 aromatic rings. The van der Waals surface area contributed by atoms with Crippen LogP contribution in [0.4, 0.5) is 4.39 Å². The predicted molar refractivity (Wildman–Crippen MR) is 29.2 cm³/mol. The van der Waals surface area contributed by atoms with Gasteiger partial charge in [-0.05, 0) is 6.42 Å². The zero-order valence-corrected chi connectivity index (χ0v) is 4.60. The standard InChI is InChI=1S/C6H9FO/c1-2-5-3-6(5,7)4-8/h2,5,8H,1,3-4H2/t5-,6-/m1/s1. The summed E-state index contributed by atoms with van der Waals surface area (Å²) < 4.78 is 12.6. The largest absolute Gasteiger partial charge is 0.393 e. The average molecular weight is 116 g/mol. The lowest BCUT2D eigenvalue weighted by atomic mass is 10.3. The topological polar surface area (TPSA) is 20.2 Å². The molecule has 0 saturated heterocycles. The van der Waals surface area contributed by atoms with Crippen molar-refractivity contribution < 1.29 is 9.50 Å². The summed E-state index contributed by atoms with van der Waals surface area (Å²) in [6, 6.07) is 0. The van der Waals surface area contributed by atoms with E-state index in [4.69, 9.17) is 5.11 Å². The van der Waals surface area contributed by atoms with Crippen molar-refractivity contribution in [1.29, 1.82) is 0 Å². The molecule has 1 N–H and O–H groups in total. The monoisotopic (exact) mass is 116 g/mol. The number of hydrogen-bond donors (Lipinski definition) is 1. The van der Waals surface area contributed by atoms with Crippen molar-refractivity contribution in [3.05, 3.63) is 12.7 Å². The maximum Gasteiger partial charge on any atom is 0.140 e. The molecule has 2 heteroatoms. The third-order valence-corrected chi connectivity index (χ3v) is 1.61. The van der Waals surface area contributed by atoms with Gasteiger partial charge in [0.1, 0.15) is 5.67 Å². The fourth-order valence-corrected chi connectivity index (χ4v) is 0.783. The number of rotatable bonds is 2. The molecule has 2 atom stereocenters.